The van der Waals surface area contributed by atoms with Gasteiger partial charge in [0.2, 0.25) is 0 Å². The molecular formula is C13H16N2O. The molecule has 3 heteroatoms. The fourth-order valence-corrected chi connectivity index (χ4v) is 2.31. The summed E-state index contributed by atoms with van der Waals surface area (Å²) < 4.78 is 0. The highest BCUT2D eigenvalue weighted by Gasteiger charge is 2.42. The van der Waals surface area contributed by atoms with Crippen molar-refractivity contribution in [2.24, 2.45) is 5.92 Å². The molecule has 0 aromatic heterocycles. The van der Waals surface area contributed by atoms with Crippen LogP contribution in [0.3, 0.4) is 0 Å². The van der Waals surface area contributed by atoms with Crippen molar-refractivity contribution in [3.63, 3.8) is 0 Å². The SMILES string of the molecule is CN1CCC(O)(c2ccccc2)C(C#N)C1. The zero-order valence-corrected chi connectivity index (χ0v) is 9.43. The first-order valence-corrected chi connectivity index (χ1v) is 5.53. The Labute approximate surface area is 95.9 Å². The van der Waals surface area contributed by atoms with E-state index in [2.05, 4.69) is 11.0 Å². The van der Waals surface area contributed by atoms with E-state index in [-0.39, 0.29) is 5.92 Å². The lowest BCUT2D eigenvalue weighted by molar-refractivity contribution is -0.0518. The average molecular weight is 216 g/mol. The highest BCUT2D eigenvalue weighted by atomic mass is 16.3. The van der Waals surface area contributed by atoms with Crippen LogP contribution in [-0.2, 0) is 5.60 Å². The first-order valence-electron chi connectivity index (χ1n) is 5.53. The lowest BCUT2D eigenvalue weighted by Crippen LogP contribution is -2.48. The van der Waals surface area contributed by atoms with Crippen LogP contribution < -0.4 is 0 Å². The second kappa shape index (κ2) is 4.25. The normalized spacial score (nSPS) is 30.9. The smallest absolute Gasteiger partial charge is 0.108 e. The van der Waals surface area contributed by atoms with E-state index in [0.717, 1.165) is 12.1 Å². The van der Waals surface area contributed by atoms with Gasteiger partial charge in [0.15, 0.2) is 0 Å². The standard InChI is InChI=1S/C13H16N2O/c1-15-8-7-13(16,12(9-14)10-15)11-5-3-2-4-6-11/h2-6,12,16H,7-8,10H2,1H3. The highest BCUT2D eigenvalue weighted by molar-refractivity contribution is 5.26. The number of piperidine rings is 1. The molecule has 1 N–H and O–H groups in total. The number of rotatable bonds is 1. The molecule has 0 aliphatic carbocycles. The molecule has 0 radical (unpaired) electrons. The molecule has 2 rings (SSSR count). The second-order valence-electron chi connectivity index (χ2n) is 4.48. The zero-order chi connectivity index (χ0) is 11.6. The minimum absolute atomic E-state index is 0.353. The van der Waals surface area contributed by atoms with E-state index in [9.17, 15) is 5.11 Å². The van der Waals surface area contributed by atoms with Crippen LogP contribution in [0.5, 0.6) is 0 Å². The van der Waals surface area contributed by atoms with Gasteiger partial charge in [-0.05, 0) is 19.0 Å². The largest absolute Gasteiger partial charge is 0.384 e. The van der Waals surface area contributed by atoms with Gasteiger partial charge in [0.1, 0.15) is 5.60 Å². The van der Waals surface area contributed by atoms with Crippen LogP contribution in [0.4, 0.5) is 0 Å². The monoisotopic (exact) mass is 216 g/mol. The minimum atomic E-state index is -0.984. The van der Waals surface area contributed by atoms with Crippen LogP contribution >= 0.6 is 0 Å². The Morgan fingerprint density at radius 3 is 2.75 bits per heavy atom. The number of nitrogens with zero attached hydrogens (tertiary/aromatic N) is 2. The maximum absolute atomic E-state index is 10.7. The summed E-state index contributed by atoms with van der Waals surface area (Å²) in [6.45, 7) is 1.45. The minimum Gasteiger partial charge on any atom is -0.384 e. The average Bonchev–Trinajstić information content (AvgIpc) is 2.33. The van der Waals surface area contributed by atoms with E-state index in [0.29, 0.717) is 13.0 Å². The van der Waals surface area contributed by atoms with Crippen LogP contribution in [0.2, 0.25) is 0 Å². The predicted molar refractivity (Wildman–Crippen MR) is 61.6 cm³/mol. The van der Waals surface area contributed by atoms with Gasteiger partial charge in [0, 0.05) is 13.1 Å². The van der Waals surface area contributed by atoms with Crippen LogP contribution in [0.15, 0.2) is 30.3 Å². The Kier molecular flexibility index (Phi) is 2.95. The van der Waals surface area contributed by atoms with E-state index >= 15 is 0 Å². The molecule has 16 heavy (non-hydrogen) atoms. The molecule has 1 aliphatic rings. The quantitative estimate of drug-likeness (QED) is 0.770. The molecule has 2 atom stereocenters. The van der Waals surface area contributed by atoms with Crippen LogP contribution in [0.1, 0.15) is 12.0 Å². The molecule has 0 saturated carbocycles. The third-order valence-electron chi connectivity index (χ3n) is 3.37. The van der Waals surface area contributed by atoms with Gasteiger partial charge in [-0.15, -0.1) is 0 Å². The summed E-state index contributed by atoms with van der Waals surface area (Å²) in [6, 6.07) is 11.8. The lowest BCUT2D eigenvalue weighted by atomic mass is 9.77. The van der Waals surface area contributed by atoms with Crippen LogP contribution in [0, 0.1) is 17.2 Å². The van der Waals surface area contributed by atoms with Gasteiger partial charge in [-0.3, -0.25) is 0 Å². The zero-order valence-electron chi connectivity index (χ0n) is 9.43. The van der Waals surface area contributed by atoms with E-state index in [1.54, 1.807) is 0 Å². The van der Waals surface area contributed by atoms with E-state index in [1.165, 1.54) is 0 Å². The van der Waals surface area contributed by atoms with Crippen LogP contribution in [0.25, 0.3) is 0 Å². The molecule has 84 valence electrons. The number of nitriles is 1. The van der Waals surface area contributed by atoms with Crippen molar-refractivity contribution in [1.82, 2.24) is 4.90 Å². The van der Waals surface area contributed by atoms with Crippen molar-refractivity contribution in [1.29, 1.82) is 5.26 Å². The van der Waals surface area contributed by atoms with Gasteiger partial charge in [-0.25, -0.2) is 0 Å². The maximum Gasteiger partial charge on any atom is 0.108 e. The summed E-state index contributed by atoms with van der Waals surface area (Å²) in [5, 5.41) is 19.8. The van der Waals surface area contributed by atoms with Gasteiger partial charge < -0.3 is 10.0 Å². The third kappa shape index (κ3) is 1.82. The molecule has 1 saturated heterocycles. The molecule has 3 nitrogen and oxygen atoms in total. The molecule has 1 aliphatic heterocycles. The summed E-state index contributed by atoms with van der Waals surface area (Å²) >= 11 is 0. The molecule has 0 spiro atoms. The Morgan fingerprint density at radius 1 is 1.44 bits per heavy atom. The maximum atomic E-state index is 10.7. The van der Waals surface area contributed by atoms with Crippen molar-refractivity contribution in [2.75, 3.05) is 20.1 Å². The fraction of sp³-hybridized carbons (Fsp3) is 0.462. The molecule has 0 bridgehead atoms. The topological polar surface area (TPSA) is 47.3 Å². The molecule has 0 amide bonds. The molecule has 2 unspecified atom stereocenters. The number of aliphatic hydroxyl groups is 1. The van der Waals surface area contributed by atoms with Crippen molar-refractivity contribution in [3.05, 3.63) is 35.9 Å². The number of hydrogen-bond donors (Lipinski definition) is 1. The molecule has 1 aromatic carbocycles. The summed E-state index contributed by atoms with van der Waals surface area (Å²) in [4.78, 5) is 2.09. The van der Waals surface area contributed by atoms with E-state index in [1.807, 2.05) is 37.4 Å². The Bertz CT molecular complexity index is 398. The summed E-state index contributed by atoms with van der Waals surface area (Å²) in [6.07, 6.45) is 0.617. The Balaban J connectivity index is 2.33. The van der Waals surface area contributed by atoms with Crippen molar-refractivity contribution < 1.29 is 5.11 Å². The van der Waals surface area contributed by atoms with Crippen LogP contribution in [-0.4, -0.2) is 30.1 Å². The highest BCUT2D eigenvalue weighted by Crippen LogP contribution is 2.36. The summed E-state index contributed by atoms with van der Waals surface area (Å²) in [5.74, 6) is -0.353. The summed E-state index contributed by atoms with van der Waals surface area (Å²) in [7, 11) is 1.98. The molecule has 1 heterocycles. The Hall–Kier alpha value is -1.37. The fourth-order valence-electron chi connectivity index (χ4n) is 2.31. The number of likely N-dealkylation sites (tertiary alicyclic amines) is 1. The predicted octanol–water partition coefficient (Wildman–Crippen LogP) is 1.35. The van der Waals surface area contributed by atoms with Gasteiger partial charge in [-0.1, -0.05) is 30.3 Å². The van der Waals surface area contributed by atoms with Crippen molar-refractivity contribution in [2.45, 2.75) is 12.0 Å². The first kappa shape index (κ1) is 11.1. The Morgan fingerprint density at radius 2 is 2.12 bits per heavy atom. The van der Waals surface area contributed by atoms with Crippen molar-refractivity contribution >= 4 is 0 Å². The van der Waals surface area contributed by atoms with Gasteiger partial charge in [0.25, 0.3) is 0 Å². The number of hydrogen-bond acceptors (Lipinski definition) is 3. The second-order valence-corrected chi connectivity index (χ2v) is 4.48. The molecule has 1 fully saturated rings. The lowest BCUT2D eigenvalue weighted by Gasteiger charge is -2.40. The van der Waals surface area contributed by atoms with Gasteiger partial charge in [-0.2, -0.15) is 5.26 Å². The first-order chi connectivity index (χ1) is 7.66. The third-order valence-corrected chi connectivity index (χ3v) is 3.37. The molecule has 1 aromatic rings. The van der Waals surface area contributed by atoms with Gasteiger partial charge in [0.05, 0.1) is 12.0 Å². The van der Waals surface area contributed by atoms with Gasteiger partial charge >= 0.3 is 0 Å². The van der Waals surface area contributed by atoms with Crippen molar-refractivity contribution in [3.8, 4) is 6.07 Å². The number of benzene rings is 1. The van der Waals surface area contributed by atoms with E-state index in [4.69, 9.17) is 5.26 Å². The van der Waals surface area contributed by atoms with E-state index < -0.39 is 5.60 Å². The molecular weight excluding hydrogens is 200 g/mol. The summed E-state index contributed by atoms with van der Waals surface area (Å²) in [5.41, 5.74) is -0.127.